The summed E-state index contributed by atoms with van der Waals surface area (Å²) in [6.07, 6.45) is 2.58. The monoisotopic (exact) mass is 420 g/mol. The molecule has 1 aliphatic rings. The molecule has 3 heterocycles. The Kier molecular flexibility index (Phi) is 5.02. The van der Waals surface area contributed by atoms with Gasteiger partial charge in [0.05, 0.1) is 35.8 Å². The zero-order valence-electron chi connectivity index (χ0n) is 16.3. The van der Waals surface area contributed by atoms with Gasteiger partial charge >= 0.3 is 0 Å². The van der Waals surface area contributed by atoms with E-state index in [1.165, 1.54) is 5.56 Å². The Morgan fingerprint density at radius 2 is 1.87 bits per heavy atom. The van der Waals surface area contributed by atoms with Crippen LogP contribution in [0.15, 0.2) is 60.8 Å². The number of ether oxygens (including phenoxy) is 2. The number of nitrogen functional groups attached to an aromatic ring is 1. The minimum atomic E-state index is 0.501. The van der Waals surface area contributed by atoms with Crippen molar-refractivity contribution in [3.63, 3.8) is 0 Å². The van der Waals surface area contributed by atoms with Crippen LogP contribution >= 0.6 is 11.6 Å². The van der Waals surface area contributed by atoms with Crippen LogP contribution < -0.4 is 10.5 Å². The molecule has 1 fully saturated rings. The number of pyridine rings is 1. The second-order valence-electron chi connectivity index (χ2n) is 7.55. The Hall–Kier alpha value is -3.09. The van der Waals surface area contributed by atoms with Gasteiger partial charge in [0.15, 0.2) is 0 Å². The highest BCUT2D eigenvalue weighted by Crippen LogP contribution is 2.25. The van der Waals surface area contributed by atoms with Crippen molar-refractivity contribution in [1.82, 2.24) is 14.5 Å². The van der Waals surface area contributed by atoms with E-state index in [0.29, 0.717) is 35.1 Å². The van der Waals surface area contributed by atoms with Gasteiger partial charge in [0.2, 0.25) is 11.8 Å². The predicted molar refractivity (Wildman–Crippen MR) is 117 cm³/mol. The van der Waals surface area contributed by atoms with Crippen LogP contribution in [0, 0.1) is 5.92 Å². The summed E-state index contributed by atoms with van der Waals surface area (Å²) in [5.74, 6) is 2.34. The highest BCUT2D eigenvalue weighted by molar-refractivity contribution is 6.30. The summed E-state index contributed by atoms with van der Waals surface area (Å²) >= 11 is 5.86. The first-order chi connectivity index (χ1) is 14.6. The molecule has 2 aromatic carbocycles. The van der Waals surface area contributed by atoms with Crippen LogP contribution in [0.3, 0.4) is 0 Å². The lowest BCUT2D eigenvalue weighted by Crippen LogP contribution is -2.29. The number of nitrogens with two attached hydrogens (primary N) is 1. The second-order valence-corrected chi connectivity index (χ2v) is 7.98. The first-order valence-electron chi connectivity index (χ1n) is 9.85. The quantitative estimate of drug-likeness (QED) is 0.489. The Labute approximate surface area is 179 Å². The van der Waals surface area contributed by atoms with Gasteiger partial charge in [-0.05, 0) is 47.9 Å². The number of fused-ring (bicyclic) bond motifs is 1. The Morgan fingerprint density at radius 3 is 2.57 bits per heavy atom. The molecule has 1 aliphatic heterocycles. The average molecular weight is 421 g/mol. The van der Waals surface area contributed by atoms with E-state index < -0.39 is 0 Å². The number of anilines is 1. The number of benzene rings is 2. The molecule has 7 heteroatoms. The lowest BCUT2D eigenvalue weighted by Gasteiger charge is -2.25. The largest absolute Gasteiger partial charge is 0.439 e. The molecule has 0 radical (unpaired) electrons. The van der Waals surface area contributed by atoms with Gasteiger partial charge in [0.1, 0.15) is 5.75 Å². The molecule has 152 valence electrons. The normalized spacial score (nSPS) is 14.0. The van der Waals surface area contributed by atoms with Crippen molar-refractivity contribution in [2.24, 2.45) is 5.92 Å². The summed E-state index contributed by atoms with van der Waals surface area (Å²) in [4.78, 5) is 8.67. The van der Waals surface area contributed by atoms with Crippen molar-refractivity contribution in [2.45, 2.75) is 13.0 Å². The molecular formula is C23H21ClN4O2. The van der Waals surface area contributed by atoms with Crippen LogP contribution in [0.25, 0.3) is 11.0 Å². The van der Waals surface area contributed by atoms with E-state index in [2.05, 4.69) is 22.1 Å². The maximum Gasteiger partial charge on any atom is 0.219 e. The van der Waals surface area contributed by atoms with Gasteiger partial charge in [-0.2, -0.15) is 0 Å². The summed E-state index contributed by atoms with van der Waals surface area (Å²) in [7, 11) is 0. The van der Waals surface area contributed by atoms with Crippen LogP contribution in [0.2, 0.25) is 5.02 Å². The Balaban J connectivity index is 1.34. The summed E-state index contributed by atoms with van der Waals surface area (Å²) in [6.45, 7) is 2.33. The molecule has 0 unspecified atom stereocenters. The highest BCUT2D eigenvalue weighted by atomic mass is 35.5. The number of nitrogens with zero attached hydrogens (tertiary/aromatic N) is 3. The summed E-state index contributed by atoms with van der Waals surface area (Å²) in [5, 5.41) is 0.576. The molecule has 1 saturated heterocycles. The molecule has 0 spiro atoms. The van der Waals surface area contributed by atoms with E-state index in [-0.39, 0.29) is 0 Å². The highest BCUT2D eigenvalue weighted by Gasteiger charge is 2.19. The van der Waals surface area contributed by atoms with Crippen molar-refractivity contribution >= 4 is 28.6 Å². The van der Waals surface area contributed by atoms with Crippen molar-refractivity contribution < 1.29 is 9.47 Å². The minimum Gasteiger partial charge on any atom is -0.439 e. The molecule has 2 N–H and O–H groups in total. The average Bonchev–Trinajstić information content (AvgIpc) is 3.03. The molecule has 2 aromatic heterocycles. The van der Waals surface area contributed by atoms with Gasteiger partial charge in [0, 0.05) is 18.2 Å². The first-order valence-corrected chi connectivity index (χ1v) is 10.2. The zero-order chi connectivity index (χ0) is 20.5. The fourth-order valence-corrected chi connectivity index (χ4v) is 3.72. The third kappa shape index (κ3) is 3.97. The predicted octanol–water partition coefficient (Wildman–Crippen LogP) is 4.70. The molecule has 0 aliphatic carbocycles. The number of imidazole rings is 1. The third-order valence-electron chi connectivity index (χ3n) is 5.26. The smallest absolute Gasteiger partial charge is 0.219 e. The molecule has 6 nitrogen and oxygen atoms in total. The molecule has 0 saturated carbocycles. The lowest BCUT2D eigenvalue weighted by molar-refractivity contribution is -0.0312. The first kappa shape index (κ1) is 18.9. The van der Waals surface area contributed by atoms with Crippen LogP contribution in [0.4, 0.5) is 5.95 Å². The minimum absolute atomic E-state index is 0.501. The van der Waals surface area contributed by atoms with Crippen molar-refractivity contribution in [1.29, 1.82) is 0 Å². The van der Waals surface area contributed by atoms with Gasteiger partial charge in [-0.1, -0.05) is 29.8 Å². The summed E-state index contributed by atoms with van der Waals surface area (Å²) < 4.78 is 13.1. The van der Waals surface area contributed by atoms with E-state index >= 15 is 0 Å². The Bertz CT molecular complexity index is 1170. The van der Waals surface area contributed by atoms with Gasteiger partial charge in [0.25, 0.3) is 0 Å². The lowest BCUT2D eigenvalue weighted by atomic mass is 9.98. The van der Waals surface area contributed by atoms with Gasteiger partial charge in [-0.25, -0.2) is 9.97 Å². The van der Waals surface area contributed by atoms with Crippen molar-refractivity contribution in [3.8, 4) is 11.6 Å². The molecule has 0 amide bonds. The second kappa shape index (κ2) is 7.97. The van der Waals surface area contributed by atoms with Gasteiger partial charge < -0.3 is 19.8 Å². The molecular weight excluding hydrogens is 400 g/mol. The van der Waals surface area contributed by atoms with Gasteiger partial charge in [-0.3, -0.25) is 0 Å². The molecule has 0 atom stereocenters. The molecule has 30 heavy (non-hydrogen) atoms. The number of hydrogen-bond donors (Lipinski definition) is 1. The number of hydrogen-bond acceptors (Lipinski definition) is 5. The van der Waals surface area contributed by atoms with Crippen LogP contribution in [-0.2, 0) is 17.7 Å². The van der Waals surface area contributed by atoms with E-state index in [0.717, 1.165) is 36.2 Å². The maximum absolute atomic E-state index is 6.22. The summed E-state index contributed by atoms with van der Waals surface area (Å²) in [6, 6.07) is 17.7. The van der Waals surface area contributed by atoms with Crippen molar-refractivity contribution in [2.75, 3.05) is 18.9 Å². The fraction of sp³-hybridized carbons (Fsp3) is 0.217. The molecule has 0 bridgehead atoms. The van der Waals surface area contributed by atoms with Crippen LogP contribution in [0.5, 0.6) is 11.6 Å². The molecule has 4 aromatic rings. The van der Waals surface area contributed by atoms with Crippen LogP contribution in [0.1, 0.15) is 11.1 Å². The molecule has 5 rings (SSSR count). The standard InChI is InChI=1S/C23H21ClN4O2/c24-18-4-8-22(26-11-18)30-19-5-1-15(2-6-19)12-28-21-10-16(9-17-13-29-14-17)3-7-20(21)27-23(28)25/h1-8,10-11,17H,9,12-14H2,(H2,25,27). The van der Waals surface area contributed by atoms with Gasteiger partial charge in [-0.15, -0.1) is 0 Å². The Morgan fingerprint density at radius 1 is 1.07 bits per heavy atom. The van der Waals surface area contributed by atoms with Crippen LogP contribution in [-0.4, -0.2) is 27.7 Å². The summed E-state index contributed by atoms with van der Waals surface area (Å²) in [5.41, 5.74) is 10.6. The number of aromatic nitrogens is 3. The van der Waals surface area contributed by atoms with E-state index in [4.69, 9.17) is 26.8 Å². The topological polar surface area (TPSA) is 75.2 Å². The maximum atomic E-state index is 6.22. The van der Waals surface area contributed by atoms with Crippen molar-refractivity contribution in [3.05, 3.63) is 76.9 Å². The number of rotatable bonds is 6. The van der Waals surface area contributed by atoms with E-state index in [9.17, 15) is 0 Å². The van der Waals surface area contributed by atoms with E-state index in [1.807, 2.05) is 34.9 Å². The number of halogens is 1. The fourth-order valence-electron chi connectivity index (χ4n) is 3.60. The SMILES string of the molecule is Nc1nc2ccc(CC3COC3)cc2n1Cc1ccc(Oc2ccc(Cl)cn2)cc1. The third-order valence-corrected chi connectivity index (χ3v) is 5.48. The van der Waals surface area contributed by atoms with E-state index in [1.54, 1.807) is 18.3 Å². The zero-order valence-corrected chi connectivity index (χ0v) is 17.0.